The van der Waals surface area contributed by atoms with Crippen molar-refractivity contribution in [2.24, 2.45) is 17.8 Å². The van der Waals surface area contributed by atoms with Gasteiger partial charge in [-0.05, 0) is 86.6 Å². The van der Waals surface area contributed by atoms with E-state index in [2.05, 4.69) is 10.6 Å². The smallest absolute Gasteiger partial charge is 0.253 e. The largest absolute Gasteiger partial charge is 0.355 e. The number of hydrogen-bond donors (Lipinski definition) is 2. The molecule has 5 heteroatoms. The van der Waals surface area contributed by atoms with Crippen molar-refractivity contribution >= 4 is 40.5 Å². The van der Waals surface area contributed by atoms with Crippen molar-refractivity contribution in [3.05, 3.63) is 58.1 Å². The van der Waals surface area contributed by atoms with Gasteiger partial charge in [0.05, 0.1) is 21.3 Å². The number of halogens is 2. The molecule has 2 aromatic carbocycles. The van der Waals surface area contributed by atoms with Crippen molar-refractivity contribution in [2.75, 3.05) is 5.32 Å². The Morgan fingerprint density at radius 1 is 0.893 bits per heavy atom. The van der Waals surface area contributed by atoms with Gasteiger partial charge in [0.15, 0.2) is 0 Å². The number of carbonyl (C=O) groups is 1. The average Bonchev–Trinajstić information content (AvgIpc) is 2.63. The molecule has 4 bridgehead atoms. The van der Waals surface area contributed by atoms with Gasteiger partial charge < -0.3 is 10.6 Å². The van der Waals surface area contributed by atoms with Crippen LogP contribution in [0.5, 0.6) is 0 Å². The second-order valence-corrected chi connectivity index (χ2v) is 9.77. The minimum atomic E-state index is 0.00251. The van der Waals surface area contributed by atoms with Gasteiger partial charge in [0.1, 0.15) is 0 Å². The monoisotopic (exact) mass is 414 g/mol. The van der Waals surface area contributed by atoms with Crippen molar-refractivity contribution in [3.8, 4) is 0 Å². The summed E-state index contributed by atoms with van der Waals surface area (Å²) in [6.07, 6.45) is 7.53. The number of amides is 1. The zero-order chi connectivity index (χ0) is 19.3. The maximum atomic E-state index is 13.3. The summed E-state index contributed by atoms with van der Waals surface area (Å²) in [6.45, 7) is 0. The summed E-state index contributed by atoms with van der Waals surface area (Å²) in [7, 11) is 0. The van der Waals surface area contributed by atoms with Gasteiger partial charge in [-0.2, -0.15) is 0 Å². The molecule has 0 heterocycles. The standard InChI is InChI=1S/C23H24Cl2N2O/c24-19-6-5-17(10-20(19)25)26-21-4-2-1-3-18(21)22(28)27-23-11-14-7-15(12-23)9-16(8-14)13-23/h1-6,10,14-16,26H,7-9,11-13H2,(H,27,28). The zero-order valence-electron chi connectivity index (χ0n) is 15.7. The quantitative estimate of drug-likeness (QED) is 0.604. The number of nitrogens with one attached hydrogen (secondary N) is 2. The lowest BCUT2D eigenvalue weighted by molar-refractivity contribution is -0.0166. The van der Waals surface area contributed by atoms with Gasteiger partial charge in [-0.25, -0.2) is 0 Å². The van der Waals surface area contributed by atoms with Gasteiger partial charge in [-0.3, -0.25) is 4.79 Å². The van der Waals surface area contributed by atoms with Crippen LogP contribution >= 0.6 is 23.2 Å². The summed E-state index contributed by atoms with van der Waals surface area (Å²) in [4.78, 5) is 13.3. The van der Waals surface area contributed by atoms with Gasteiger partial charge in [-0.15, -0.1) is 0 Å². The van der Waals surface area contributed by atoms with Crippen LogP contribution in [0.15, 0.2) is 42.5 Å². The van der Waals surface area contributed by atoms with Gasteiger partial charge in [0.25, 0.3) is 5.91 Å². The van der Waals surface area contributed by atoms with E-state index in [4.69, 9.17) is 23.2 Å². The summed E-state index contributed by atoms with van der Waals surface area (Å²) in [5.74, 6) is 2.42. The Kier molecular flexibility index (Phi) is 4.56. The van der Waals surface area contributed by atoms with Crippen molar-refractivity contribution in [2.45, 2.75) is 44.1 Å². The fourth-order valence-corrected chi connectivity index (χ4v) is 6.39. The highest BCUT2D eigenvalue weighted by atomic mass is 35.5. The van der Waals surface area contributed by atoms with Gasteiger partial charge in [0.2, 0.25) is 0 Å². The minimum absolute atomic E-state index is 0.00251. The van der Waals surface area contributed by atoms with Crippen molar-refractivity contribution in [1.82, 2.24) is 5.32 Å². The first-order valence-corrected chi connectivity index (χ1v) is 10.9. The predicted molar refractivity (Wildman–Crippen MR) is 115 cm³/mol. The molecule has 2 aromatic rings. The molecule has 0 saturated heterocycles. The number of benzene rings is 2. The maximum absolute atomic E-state index is 13.3. The fraction of sp³-hybridized carbons (Fsp3) is 0.435. The number of rotatable bonds is 4. The van der Waals surface area contributed by atoms with Crippen LogP contribution < -0.4 is 10.6 Å². The highest BCUT2D eigenvalue weighted by molar-refractivity contribution is 6.42. The first-order chi connectivity index (χ1) is 13.5. The Morgan fingerprint density at radius 2 is 1.54 bits per heavy atom. The second kappa shape index (κ2) is 6.96. The third-order valence-corrected chi connectivity index (χ3v) is 7.53. The lowest BCUT2D eigenvalue weighted by Gasteiger charge is -2.56. The molecule has 1 amide bonds. The molecule has 4 fully saturated rings. The number of para-hydroxylation sites is 1. The van der Waals surface area contributed by atoms with Gasteiger partial charge in [-0.1, -0.05) is 35.3 Å². The van der Waals surface area contributed by atoms with E-state index in [1.165, 1.54) is 19.3 Å². The van der Waals surface area contributed by atoms with Gasteiger partial charge >= 0.3 is 0 Å². The van der Waals surface area contributed by atoms with E-state index in [1.807, 2.05) is 30.3 Å². The van der Waals surface area contributed by atoms with E-state index < -0.39 is 0 Å². The molecule has 3 nitrogen and oxygen atoms in total. The van der Waals surface area contributed by atoms with Crippen LogP contribution in [-0.2, 0) is 0 Å². The van der Waals surface area contributed by atoms with Crippen LogP contribution in [-0.4, -0.2) is 11.4 Å². The fourth-order valence-electron chi connectivity index (χ4n) is 6.09. The minimum Gasteiger partial charge on any atom is -0.355 e. The van der Waals surface area contributed by atoms with E-state index in [9.17, 15) is 4.79 Å². The summed E-state index contributed by atoms with van der Waals surface area (Å²) in [5.41, 5.74) is 2.26. The molecular weight excluding hydrogens is 391 g/mol. The van der Waals surface area contributed by atoms with Crippen molar-refractivity contribution in [1.29, 1.82) is 0 Å². The first kappa shape index (κ1) is 18.3. The summed E-state index contributed by atoms with van der Waals surface area (Å²) in [6, 6.07) is 13.0. The Morgan fingerprint density at radius 3 is 2.18 bits per heavy atom. The van der Waals surface area contributed by atoms with E-state index >= 15 is 0 Å². The Hall–Kier alpha value is -1.71. The van der Waals surface area contributed by atoms with E-state index in [0.717, 1.165) is 48.4 Å². The SMILES string of the molecule is O=C(NC12CC3CC(CC(C3)C1)C2)c1ccccc1Nc1ccc(Cl)c(Cl)c1. The zero-order valence-corrected chi connectivity index (χ0v) is 17.2. The molecular formula is C23H24Cl2N2O. The molecule has 2 N–H and O–H groups in total. The first-order valence-electron chi connectivity index (χ1n) is 10.1. The molecule has 0 radical (unpaired) electrons. The molecule has 4 saturated carbocycles. The molecule has 4 aliphatic rings. The topological polar surface area (TPSA) is 41.1 Å². The lowest BCUT2D eigenvalue weighted by Crippen LogP contribution is -2.59. The number of anilines is 2. The lowest BCUT2D eigenvalue weighted by atomic mass is 9.53. The normalized spacial score (nSPS) is 30.3. The van der Waals surface area contributed by atoms with Gasteiger partial charge in [0, 0.05) is 11.2 Å². The highest BCUT2D eigenvalue weighted by Gasteiger charge is 2.51. The summed E-state index contributed by atoms with van der Waals surface area (Å²) in [5, 5.41) is 7.79. The van der Waals surface area contributed by atoms with Crippen molar-refractivity contribution in [3.63, 3.8) is 0 Å². The van der Waals surface area contributed by atoms with Crippen LogP contribution in [0.1, 0.15) is 48.9 Å². The molecule has 0 aliphatic heterocycles. The third-order valence-electron chi connectivity index (χ3n) is 6.79. The molecule has 4 aliphatic carbocycles. The van der Waals surface area contributed by atoms with Crippen molar-refractivity contribution < 1.29 is 4.79 Å². The number of hydrogen-bond acceptors (Lipinski definition) is 2. The Labute approximate surface area is 175 Å². The molecule has 0 unspecified atom stereocenters. The summed E-state index contributed by atoms with van der Waals surface area (Å²) >= 11 is 12.1. The van der Waals surface area contributed by atoms with Crippen LogP contribution in [0, 0.1) is 17.8 Å². The maximum Gasteiger partial charge on any atom is 0.253 e. The number of carbonyl (C=O) groups excluding carboxylic acids is 1. The highest BCUT2D eigenvalue weighted by Crippen LogP contribution is 2.55. The Balaban J connectivity index is 1.38. The van der Waals surface area contributed by atoms with Crippen LogP contribution in [0.3, 0.4) is 0 Å². The molecule has 0 spiro atoms. The molecule has 146 valence electrons. The molecule has 6 rings (SSSR count). The second-order valence-electron chi connectivity index (χ2n) is 8.95. The molecule has 0 aromatic heterocycles. The van der Waals surface area contributed by atoms with Crippen LogP contribution in [0.25, 0.3) is 0 Å². The van der Waals surface area contributed by atoms with E-state index in [1.54, 1.807) is 12.1 Å². The van der Waals surface area contributed by atoms with E-state index in [-0.39, 0.29) is 11.4 Å². The Bertz CT molecular complexity index is 891. The third kappa shape index (κ3) is 3.40. The average molecular weight is 415 g/mol. The summed E-state index contributed by atoms with van der Waals surface area (Å²) < 4.78 is 0. The predicted octanol–water partition coefficient (Wildman–Crippen LogP) is 6.44. The van der Waals surface area contributed by atoms with Crippen LogP contribution in [0.4, 0.5) is 11.4 Å². The van der Waals surface area contributed by atoms with E-state index in [0.29, 0.717) is 15.6 Å². The molecule has 28 heavy (non-hydrogen) atoms. The van der Waals surface area contributed by atoms with Crippen LogP contribution in [0.2, 0.25) is 10.0 Å². The molecule has 0 atom stereocenters.